The summed E-state index contributed by atoms with van der Waals surface area (Å²) >= 11 is 0. The summed E-state index contributed by atoms with van der Waals surface area (Å²) in [7, 11) is 0. The van der Waals surface area contributed by atoms with E-state index in [1.807, 2.05) is 0 Å². The average molecular weight is 800 g/mol. The SMILES string of the molecule is CCCCCCCCCCCCOC(=O)OCC(COC(=O)CC(=O)OC(CCCCCCCC)CCCCCCCC)COC(=O)OCCCN(CC)CC. The first kappa shape index (κ1) is 53.4. The zero-order valence-corrected chi connectivity index (χ0v) is 36.7. The molecule has 0 heterocycles. The van der Waals surface area contributed by atoms with E-state index in [1.54, 1.807) is 0 Å². The van der Waals surface area contributed by atoms with E-state index in [4.69, 9.17) is 28.4 Å². The van der Waals surface area contributed by atoms with Crippen LogP contribution in [0.4, 0.5) is 9.59 Å². The highest BCUT2D eigenvalue weighted by Crippen LogP contribution is 2.18. The van der Waals surface area contributed by atoms with Gasteiger partial charge in [0.05, 0.1) is 19.1 Å². The van der Waals surface area contributed by atoms with Crippen LogP contribution in [0, 0.1) is 5.92 Å². The number of rotatable bonds is 40. The number of carbonyl (C=O) groups is 4. The Morgan fingerprint density at radius 1 is 0.429 bits per heavy atom. The van der Waals surface area contributed by atoms with Gasteiger partial charge in [0.1, 0.15) is 32.3 Å². The van der Waals surface area contributed by atoms with E-state index in [9.17, 15) is 19.2 Å². The molecule has 0 bridgehead atoms. The van der Waals surface area contributed by atoms with Crippen molar-refractivity contribution in [2.24, 2.45) is 5.92 Å². The van der Waals surface area contributed by atoms with Crippen molar-refractivity contribution in [3.8, 4) is 0 Å². The molecule has 0 saturated heterocycles. The number of unbranched alkanes of at least 4 members (excludes halogenated alkanes) is 19. The van der Waals surface area contributed by atoms with Gasteiger partial charge in [-0.1, -0.05) is 157 Å². The monoisotopic (exact) mass is 800 g/mol. The van der Waals surface area contributed by atoms with Crippen LogP contribution in [0.1, 0.15) is 202 Å². The van der Waals surface area contributed by atoms with Crippen molar-refractivity contribution in [2.45, 2.75) is 208 Å². The molecule has 330 valence electrons. The third kappa shape index (κ3) is 35.8. The molecule has 0 aliphatic carbocycles. The molecule has 0 radical (unpaired) electrons. The van der Waals surface area contributed by atoms with Crippen LogP contribution in [0.2, 0.25) is 0 Å². The normalized spacial score (nSPS) is 11.8. The highest BCUT2D eigenvalue weighted by molar-refractivity contribution is 5.91. The van der Waals surface area contributed by atoms with Crippen LogP contribution in [-0.4, -0.2) is 87.9 Å². The highest BCUT2D eigenvalue weighted by Gasteiger charge is 2.22. The van der Waals surface area contributed by atoms with Gasteiger partial charge >= 0.3 is 24.2 Å². The first-order valence-electron chi connectivity index (χ1n) is 23.0. The summed E-state index contributed by atoms with van der Waals surface area (Å²) in [5.41, 5.74) is 0. The van der Waals surface area contributed by atoms with E-state index in [2.05, 4.69) is 39.5 Å². The molecule has 0 N–H and O–H groups in total. The Balaban J connectivity index is 4.91. The van der Waals surface area contributed by atoms with Crippen molar-refractivity contribution in [1.29, 1.82) is 0 Å². The van der Waals surface area contributed by atoms with Crippen LogP contribution >= 0.6 is 0 Å². The lowest BCUT2D eigenvalue weighted by Gasteiger charge is -2.19. The molecule has 11 nitrogen and oxygen atoms in total. The minimum absolute atomic E-state index is 0.206. The summed E-state index contributed by atoms with van der Waals surface area (Å²) in [5, 5.41) is 0. The zero-order chi connectivity index (χ0) is 41.3. The summed E-state index contributed by atoms with van der Waals surface area (Å²) in [6.45, 7) is 13.2. The second-order valence-electron chi connectivity index (χ2n) is 15.3. The number of carbonyl (C=O) groups excluding carboxylic acids is 4. The molecule has 1 unspecified atom stereocenters. The minimum atomic E-state index is -0.852. The predicted octanol–water partition coefficient (Wildman–Crippen LogP) is 11.9. The maximum Gasteiger partial charge on any atom is 0.508 e. The molecule has 0 rings (SSSR count). The van der Waals surface area contributed by atoms with Gasteiger partial charge in [-0.05, 0) is 51.6 Å². The van der Waals surface area contributed by atoms with Gasteiger partial charge in [0.2, 0.25) is 0 Å². The van der Waals surface area contributed by atoms with Crippen molar-refractivity contribution in [2.75, 3.05) is 52.7 Å². The molecule has 0 amide bonds. The summed E-state index contributed by atoms with van der Waals surface area (Å²) in [6.07, 6.45) is 25.4. The van der Waals surface area contributed by atoms with Gasteiger partial charge in [-0.25, -0.2) is 9.59 Å². The molecule has 0 fully saturated rings. The van der Waals surface area contributed by atoms with Crippen LogP contribution < -0.4 is 0 Å². The van der Waals surface area contributed by atoms with Gasteiger partial charge in [0, 0.05) is 6.54 Å². The first-order chi connectivity index (χ1) is 27.3. The fourth-order valence-electron chi connectivity index (χ4n) is 6.50. The van der Waals surface area contributed by atoms with Crippen LogP contribution in [0.5, 0.6) is 0 Å². The lowest BCUT2D eigenvalue weighted by molar-refractivity contribution is -0.159. The molecule has 0 aliphatic heterocycles. The van der Waals surface area contributed by atoms with Gasteiger partial charge in [-0.15, -0.1) is 0 Å². The third-order valence-corrected chi connectivity index (χ3v) is 10.2. The molecule has 0 aromatic carbocycles. The van der Waals surface area contributed by atoms with Gasteiger partial charge in [-0.2, -0.15) is 0 Å². The Hall–Kier alpha value is -2.56. The standard InChI is InChI=1S/C45H85NO10/c1-6-11-14-17-20-21-22-23-26-29-34-51-44(49)54-38-40(39-55-45(50)52-35-30-33-46(9-4)10-5)37-53-42(47)36-43(48)56-41(31-27-24-18-15-12-7-2)32-28-25-19-16-13-8-3/h40-41H,6-39H2,1-5H3. The molecular formula is C45H85NO10. The number of nitrogens with zero attached hydrogens (tertiary/aromatic N) is 1. The van der Waals surface area contributed by atoms with Crippen LogP contribution in [0.3, 0.4) is 0 Å². The van der Waals surface area contributed by atoms with Gasteiger partial charge in [-0.3, -0.25) is 9.59 Å². The van der Waals surface area contributed by atoms with E-state index in [-0.39, 0.29) is 39.1 Å². The molecule has 0 saturated carbocycles. The smallest absolute Gasteiger partial charge is 0.465 e. The Bertz CT molecular complexity index is 913. The second kappa shape index (κ2) is 40.6. The number of esters is 2. The van der Waals surface area contributed by atoms with E-state index in [0.29, 0.717) is 6.42 Å². The van der Waals surface area contributed by atoms with Crippen molar-refractivity contribution in [3.63, 3.8) is 0 Å². The quantitative estimate of drug-likeness (QED) is 0.0254. The lowest BCUT2D eigenvalue weighted by atomic mass is 10.0. The second-order valence-corrected chi connectivity index (χ2v) is 15.3. The largest absolute Gasteiger partial charge is 0.508 e. The third-order valence-electron chi connectivity index (χ3n) is 10.2. The average Bonchev–Trinajstić information content (AvgIpc) is 3.19. The number of hydrogen-bond acceptors (Lipinski definition) is 11. The molecule has 0 aromatic heterocycles. The molecule has 11 heteroatoms. The molecular weight excluding hydrogens is 714 g/mol. The van der Waals surface area contributed by atoms with Crippen LogP contribution in [0.15, 0.2) is 0 Å². The minimum Gasteiger partial charge on any atom is -0.465 e. The Labute approximate surface area is 342 Å². The maximum atomic E-state index is 12.8. The van der Waals surface area contributed by atoms with Crippen molar-refractivity contribution >= 4 is 24.2 Å². The van der Waals surface area contributed by atoms with E-state index < -0.39 is 36.6 Å². The molecule has 0 aromatic rings. The summed E-state index contributed by atoms with van der Waals surface area (Å²) in [4.78, 5) is 52.5. The summed E-state index contributed by atoms with van der Waals surface area (Å²) in [5.74, 6) is -2.04. The topological polar surface area (TPSA) is 127 Å². The highest BCUT2D eigenvalue weighted by atomic mass is 16.7. The fraction of sp³-hybridized carbons (Fsp3) is 0.911. The van der Waals surface area contributed by atoms with Crippen molar-refractivity contribution in [1.82, 2.24) is 4.90 Å². The lowest BCUT2D eigenvalue weighted by Crippen LogP contribution is -2.28. The molecule has 0 aliphatic rings. The van der Waals surface area contributed by atoms with Crippen molar-refractivity contribution in [3.05, 3.63) is 0 Å². The van der Waals surface area contributed by atoms with E-state index in [1.165, 1.54) is 96.3 Å². The summed E-state index contributed by atoms with van der Waals surface area (Å²) in [6, 6.07) is 0. The predicted molar refractivity (Wildman–Crippen MR) is 224 cm³/mol. The van der Waals surface area contributed by atoms with Crippen LogP contribution in [-0.2, 0) is 38.0 Å². The Morgan fingerprint density at radius 2 is 0.821 bits per heavy atom. The van der Waals surface area contributed by atoms with E-state index in [0.717, 1.165) is 77.4 Å². The number of ether oxygens (including phenoxy) is 6. The van der Waals surface area contributed by atoms with Crippen LogP contribution in [0.25, 0.3) is 0 Å². The molecule has 1 atom stereocenters. The molecule has 0 spiro atoms. The fourth-order valence-corrected chi connectivity index (χ4v) is 6.50. The Morgan fingerprint density at radius 3 is 1.27 bits per heavy atom. The first-order valence-corrected chi connectivity index (χ1v) is 23.0. The van der Waals surface area contributed by atoms with Gasteiger partial charge < -0.3 is 33.3 Å². The summed E-state index contributed by atoms with van der Waals surface area (Å²) < 4.78 is 32.2. The van der Waals surface area contributed by atoms with E-state index >= 15 is 0 Å². The van der Waals surface area contributed by atoms with Gasteiger partial charge in [0.15, 0.2) is 0 Å². The van der Waals surface area contributed by atoms with Crippen molar-refractivity contribution < 1.29 is 47.6 Å². The molecule has 56 heavy (non-hydrogen) atoms. The zero-order valence-electron chi connectivity index (χ0n) is 36.7. The Kier molecular flexibility index (Phi) is 38.8. The number of hydrogen-bond donors (Lipinski definition) is 0. The van der Waals surface area contributed by atoms with Gasteiger partial charge in [0.25, 0.3) is 0 Å². The maximum absolute atomic E-state index is 12.8.